The van der Waals surface area contributed by atoms with Crippen molar-refractivity contribution in [1.29, 1.82) is 0 Å². The molecule has 5 rings (SSSR count). The number of nitrogen functional groups attached to an aromatic ring is 1. The topological polar surface area (TPSA) is 105 Å². The van der Waals surface area contributed by atoms with E-state index in [1.54, 1.807) is 12.1 Å². The molecule has 2 aliphatic heterocycles. The number of piperidine rings is 1. The molecule has 8 nitrogen and oxygen atoms in total. The summed E-state index contributed by atoms with van der Waals surface area (Å²) in [5.41, 5.74) is 4.12. The summed E-state index contributed by atoms with van der Waals surface area (Å²) in [5, 5.41) is 2.90. The first-order valence-electron chi connectivity index (χ1n) is 11.2. The number of ether oxygens (including phenoxy) is 1. The van der Waals surface area contributed by atoms with Crippen LogP contribution in [0.4, 0.5) is 33.7 Å². The Hall–Kier alpha value is -3.06. The van der Waals surface area contributed by atoms with Crippen LogP contribution in [0.25, 0.3) is 22.3 Å². The number of aromatic amines is 1. The number of nitrogens with one attached hydrogen (secondary N) is 2. The maximum Gasteiger partial charge on any atom is 0.420 e. The normalized spacial score (nSPS) is 23.1. The molecule has 2 fully saturated rings. The smallest absolute Gasteiger partial charge is 0.377 e. The summed E-state index contributed by atoms with van der Waals surface area (Å²) in [7, 11) is 0. The molecule has 0 unspecified atom stereocenters. The first kappa shape index (κ1) is 23.7. The van der Waals surface area contributed by atoms with Crippen LogP contribution in [0.15, 0.2) is 18.3 Å². The molecule has 188 valence electrons. The maximum atomic E-state index is 14.4. The first-order valence-corrected chi connectivity index (χ1v) is 11.2. The summed E-state index contributed by atoms with van der Waals surface area (Å²) in [5.74, 6) is -4.10. The summed E-state index contributed by atoms with van der Waals surface area (Å²) in [6.45, 7) is 3.05. The predicted octanol–water partition coefficient (Wildman–Crippen LogP) is 3.56. The van der Waals surface area contributed by atoms with Crippen LogP contribution in [-0.2, 0) is 10.9 Å². The van der Waals surface area contributed by atoms with E-state index in [4.69, 9.17) is 10.5 Å². The second-order valence-electron chi connectivity index (χ2n) is 8.96. The Morgan fingerprint density at radius 2 is 2.00 bits per heavy atom. The van der Waals surface area contributed by atoms with E-state index >= 15 is 0 Å². The zero-order valence-corrected chi connectivity index (χ0v) is 18.8. The van der Waals surface area contributed by atoms with E-state index in [-0.39, 0.29) is 18.2 Å². The molecule has 5 heterocycles. The number of halogens is 5. The molecule has 35 heavy (non-hydrogen) atoms. The molecule has 3 aromatic rings. The van der Waals surface area contributed by atoms with Gasteiger partial charge in [0.15, 0.2) is 0 Å². The molecule has 4 N–H and O–H groups in total. The zero-order chi connectivity index (χ0) is 25.0. The highest BCUT2D eigenvalue weighted by Gasteiger charge is 2.45. The number of nitrogens with two attached hydrogens (primary N) is 1. The van der Waals surface area contributed by atoms with E-state index in [1.165, 1.54) is 6.20 Å². The average Bonchev–Trinajstić information content (AvgIpc) is 3.20. The lowest BCUT2D eigenvalue weighted by Gasteiger charge is -2.34. The molecule has 0 amide bonds. The lowest BCUT2D eigenvalue weighted by molar-refractivity contribution is -0.138. The van der Waals surface area contributed by atoms with Crippen LogP contribution in [0.2, 0.25) is 0 Å². The highest BCUT2D eigenvalue weighted by molar-refractivity contribution is 5.94. The quantitative estimate of drug-likeness (QED) is 0.476. The van der Waals surface area contributed by atoms with Crippen LogP contribution in [0, 0.1) is 0 Å². The summed E-state index contributed by atoms with van der Waals surface area (Å²) in [6, 6.07) is 3.48. The van der Waals surface area contributed by atoms with Crippen molar-refractivity contribution in [3.05, 3.63) is 29.6 Å². The first-order chi connectivity index (χ1) is 16.5. The van der Waals surface area contributed by atoms with Gasteiger partial charge in [0.25, 0.3) is 5.92 Å². The van der Waals surface area contributed by atoms with Crippen LogP contribution in [0.1, 0.15) is 30.5 Å². The molecule has 3 aromatic heterocycles. The Morgan fingerprint density at radius 3 is 2.71 bits per heavy atom. The van der Waals surface area contributed by atoms with E-state index in [9.17, 15) is 22.0 Å². The fourth-order valence-corrected chi connectivity index (χ4v) is 4.81. The molecule has 0 radical (unpaired) electrons. The number of pyridine rings is 1. The number of fused-ring (bicyclic) bond motifs is 1. The standard InChI is InChI=1S/C22H24F5N7O/c1-11-9-35-5-4-34(11)15-3-2-13-14(8-30-19(13)31-15)18-16(22(25,26)27)17(32-20(28)33-18)12-6-21(23,24)10-29-7-12/h2-3,8,11-12,29H,4-7,9-10H2,1H3,(H,30,31)(H2,28,32,33)/t11-,12-/m0/s1. The van der Waals surface area contributed by atoms with Crippen molar-refractivity contribution < 1.29 is 26.7 Å². The van der Waals surface area contributed by atoms with Crippen LogP contribution in [-0.4, -0.2) is 64.7 Å². The van der Waals surface area contributed by atoms with E-state index in [0.717, 1.165) is 0 Å². The van der Waals surface area contributed by atoms with Gasteiger partial charge in [0, 0.05) is 42.6 Å². The Kier molecular flexibility index (Phi) is 5.79. The molecule has 0 saturated carbocycles. The van der Waals surface area contributed by atoms with Crippen molar-refractivity contribution in [3.8, 4) is 11.3 Å². The van der Waals surface area contributed by atoms with Gasteiger partial charge in [-0.05, 0) is 19.1 Å². The predicted molar refractivity (Wildman–Crippen MR) is 119 cm³/mol. The van der Waals surface area contributed by atoms with Gasteiger partial charge in [-0.3, -0.25) is 0 Å². The molecular formula is C22H24F5N7O. The minimum absolute atomic E-state index is 0.0783. The van der Waals surface area contributed by atoms with Gasteiger partial charge in [0.1, 0.15) is 17.0 Å². The van der Waals surface area contributed by atoms with E-state index in [1.807, 2.05) is 6.92 Å². The van der Waals surface area contributed by atoms with Gasteiger partial charge in [0.05, 0.1) is 37.2 Å². The molecule has 0 spiro atoms. The second-order valence-corrected chi connectivity index (χ2v) is 8.96. The van der Waals surface area contributed by atoms with Gasteiger partial charge in [-0.1, -0.05) is 0 Å². The van der Waals surface area contributed by atoms with Crippen LogP contribution < -0.4 is 16.0 Å². The number of rotatable bonds is 3. The SMILES string of the molecule is C[C@H]1COCCN1c1ccc2c(-c3nc(N)nc([C@@H]4CNCC(F)(F)C4)c3C(F)(F)F)c[nH]c2n1. The van der Waals surface area contributed by atoms with Crippen molar-refractivity contribution in [2.45, 2.75) is 37.4 Å². The summed E-state index contributed by atoms with van der Waals surface area (Å²) in [4.78, 5) is 17.3. The highest BCUT2D eigenvalue weighted by atomic mass is 19.4. The van der Waals surface area contributed by atoms with E-state index in [0.29, 0.717) is 36.6 Å². The van der Waals surface area contributed by atoms with Crippen molar-refractivity contribution in [2.75, 3.05) is 43.5 Å². The van der Waals surface area contributed by atoms with Crippen molar-refractivity contribution in [2.24, 2.45) is 0 Å². The third kappa shape index (κ3) is 4.49. The largest absolute Gasteiger partial charge is 0.420 e. The van der Waals surface area contributed by atoms with Gasteiger partial charge in [-0.15, -0.1) is 0 Å². The molecule has 2 atom stereocenters. The van der Waals surface area contributed by atoms with Gasteiger partial charge in [-0.2, -0.15) is 13.2 Å². The van der Waals surface area contributed by atoms with Gasteiger partial charge in [-0.25, -0.2) is 23.7 Å². The maximum absolute atomic E-state index is 14.4. The number of nitrogens with zero attached hydrogens (tertiary/aromatic N) is 4. The van der Waals surface area contributed by atoms with Gasteiger partial charge >= 0.3 is 6.18 Å². The van der Waals surface area contributed by atoms with Crippen molar-refractivity contribution >= 4 is 22.8 Å². The Balaban J connectivity index is 1.62. The lowest BCUT2D eigenvalue weighted by atomic mass is 9.89. The number of aromatic nitrogens is 4. The highest BCUT2D eigenvalue weighted by Crippen LogP contribution is 2.44. The van der Waals surface area contributed by atoms with E-state index < -0.39 is 53.9 Å². The van der Waals surface area contributed by atoms with Crippen molar-refractivity contribution in [3.63, 3.8) is 0 Å². The lowest BCUT2D eigenvalue weighted by Crippen LogP contribution is -2.44. The summed E-state index contributed by atoms with van der Waals surface area (Å²) < 4.78 is 76.6. The molecule has 0 aromatic carbocycles. The van der Waals surface area contributed by atoms with E-state index in [2.05, 4.69) is 30.2 Å². The Morgan fingerprint density at radius 1 is 1.20 bits per heavy atom. The average molecular weight is 497 g/mol. The minimum Gasteiger partial charge on any atom is -0.377 e. The summed E-state index contributed by atoms with van der Waals surface area (Å²) >= 11 is 0. The summed E-state index contributed by atoms with van der Waals surface area (Å²) in [6.07, 6.45) is -4.29. The van der Waals surface area contributed by atoms with Crippen LogP contribution in [0.5, 0.6) is 0 Å². The molecule has 2 saturated heterocycles. The van der Waals surface area contributed by atoms with Crippen LogP contribution >= 0.6 is 0 Å². The number of alkyl halides is 5. The van der Waals surface area contributed by atoms with Crippen LogP contribution in [0.3, 0.4) is 0 Å². The van der Waals surface area contributed by atoms with Crippen molar-refractivity contribution in [1.82, 2.24) is 25.3 Å². The number of morpholine rings is 1. The third-order valence-corrected chi connectivity index (χ3v) is 6.38. The molecule has 0 aliphatic carbocycles. The fourth-order valence-electron chi connectivity index (χ4n) is 4.81. The molecule has 2 aliphatic rings. The van der Waals surface area contributed by atoms with Gasteiger partial charge in [0.2, 0.25) is 5.95 Å². The number of anilines is 2. The number of hydrogen-bond acceptors (Lipinski definition) is 7. The fraction of sp³-hybridized carbons (Fsp3) is 0.500. The molecule has 0 bridgehead atoms. The molecule has 13 heteroatoms. The van der Waals surface area contributed by atoms with Gasteiger partial charge < -0.3 is 25.7 Å². The second kappa shape index (κ2) is 8.55. The third-order valence-electron chi connectivity index (χ3n) is 6.38. The Labute approximate surface area is 197 Å². The number of hydrogen-bond donors (Lipinski definition) is 3. The minimum atomic E-state index is -4.90. The molecular weight excluding hydrogens is 473 g/mol. The monoisotopic (exact) mass is 497 g/mol. The zero-order valence-electron chi connectivity index (χ0n) is 18.8. The Bertz CT molecular complexity index is 1240. The number of H-pyrrole nitrogens is 1.